The predicted octanol–water partition coefficient (Wildman–Crippen LogP) is 4.04. The molecule has 0 radical (unpaired) electrons. The van der Waals surface area contributed by atoms with E-state index in [1.165, 1.54) is 5.56 Å². The second-order valence-corrected chi connectivity index (χ2v) is 3.29. The molecule has 0 unspecified atom stereocenters. The SMILES string of the molecule is [N-]=[N+]=NCC=CC=CCCc1ccccc1. The molecule has 82 valence electrons. The first-order valence-electron chi connectivity index (χ1n) is 5.30. The molecule has 0 heterocycles. The van der Waals surface area contributed by atoms with Crippen LogP contribution in [0.5, 0.6) is 0 Å². The first kappa shape index (κ1) is 12.1. The Morgan fingerprint density at radius 1 is 1.12 bits per heavy atom. The standard InChI is InChI=1S/C13H15N3/c14-16-15-12-8-3-1-2-5-9-13-10-6-4-7-11-13/h1-4,6-8,10-11H,5,9,12H2. The zero-order valence-corrected chi connectivity index (χ0v) is 9.16. The third-order valence-corrected chi connectivity index (χ3v) is 2.08. The van der Waals surface area contributed by atoms with Gasteiger partial charge >= 0.3 is 0 Å². The van der Waals surface area contributed by atoms with Crippen LogP contribution >= 0.6 is 0 Å². The summed E-state index contributed by atoms with van der Waals surface area (Å²) in [5.74, 6) is 0. The fraction of sp³-hybridized carbons (Fsp3) is 0.231. The second-order valence-electron chi connectivity index (χ2n) is 3.29. The number of aryl methyl sites for hydroxylation is 1. The van der Waals surface area contributed by atoms with E-state index in [4.69, 9.17) is 5.53 Å². The summed E-state index contributed by atoms with van der Waals surface area (Å²) in [5, 5.41) is 3.40. The molecule has 0 saturated carbocycles. The minimum atomic E-state index is 0.416. The normalized spacial score (nSPS) is 10.8. The van der Waals surface area contributed by atoms with Crippen molar-refractivity contribution >= 4 is 0 Å². The monoisotopic (exact) mass is 213 g/mol. The van der Waals surface area contributed by atoms with E-state index in [9.17, 15) is 0 Å². The third kappa shape index (κ3) is 5.68. The Hall–Kier alpha value is -1.99. The van der Waals surface area contributed by atoms with Gasteiger partial charge in [-0.1, -0.05) is 59.8 Å². The number of hydrogen-bond acceptors (Lipinski definition) is 1. The fourth-order valence-electron chi connectivity index (χ4n) is 1.29. The van der Waals surface area contributed by atoms with Crippen LogP contribution in [0.25, 0.3) is 10.4 Å². The van der Waals surface area contributed by atoms with Crippen LogP contribution in [-0.2, 0) is 6.42 Å². The highest BCUT2D eigenvalue weighted by Crippen LogP contribution is 2.02. The van der Waals surface area contributed by atoms with Crippen molar-refractivity contribution in [2.45, 2.75) is 12.8 Å². The maximum Gasteiger partial charge on any atom is 0.0443 e. The molecule has 1 aromatic rings. The number of azide groups is 1. The highest BCUT2D eigenvalue weighted by atomic mass is 15.1. The molecule has 1 rings (SSSR count). The highest BCUT2D eigenvalue weighted by Gasteiger charge is 1.86. The van der Waals surface area contributed by atoms with Crippen LogP contribution in [0.2, 0.25) is 0 Å². The van der Waals surface area contributed by atoms with Gasteiger partial charge in [0.05, 0.1) is 0 Å². The minimum Gasteiger partial charge on any atom is -0.0899 e. The molecule has 0 spiro atoms. The van der Waals surface area contributed by atoms with Gasteiger partial charge in [-0.15, -0.1) is 0 Å². The van der Waals surface area contributed by atoms with Crippen LogP contribution in [0.15, 0.2) is 59.8 Å². The van der Waals surface area contributed by atoms with Crippen molar-refractivity contribution in [3.63, 3.8) is 0 Å². The number of allylic oxidation sites excluding steroid dienone is 3. The van der Waals surface area contributed by atoms with E-state index in [0.29, 0.717) is 6.54 Å². The molecule has 1 aromatic carbocycles. The summed E-state index contributed by atoms with van der Waals surface area (Å²) in [7, 11) is 0. The molecular weight excluding hydrogens is 198 g/mol. The van der Waals surface area contributed by atoms with Gasteiger partial charge in [0.15, 0.2) is 0 Å². The Balaban J connectivity index is 2.18. The van der Waals surface area contributed by atoms with Gasteiger partial charge in [-0.2, -0.15) is 0 Å². The number of benzene rings is 1. The Bertz CT molecular complexity index is 387. The van der Waals surface area contributed by atoms with Gasteiger partial charge in [-0.25, -0.2) is 0 Å². The predicted molar refractivity (Wildman–Crippen MR) is 67.1 cm³/mol. The van der Waals surface area contributed by atoms with Gasteiger partial charge in [0.25, 0.3) is 0 Å². The molecule has 0 atom stereocenters. The van der Waals surface area contributed by atoms with Crippen LogP contribution in [-0.4, -0.2) is 6.54 Å². The number of hydrogen-bond donors (Lipinski definition) is 0. The maximum atomic E-state index is 8.04. The van der Waals surface area contributed by atoms with E-state index in [2.05, 4.69) is 40.4 Å². The van der Waals surface area contributed by atoms with Crippen molar-refractivity contribution in [1.82, 2.24) is 0 Å². The summed E-state index contributed by atoms with van der Waals surface area (Å²) < 4.78 is 0. The van der Waals surface area contributed by atoms with Gasteiger partial charge in [0.2, 0.25) is 0 Å². The average Bonchev–Trinajstić information content (AvgIpc) is 2.34. The van der Waals surface area contributed by atoms with E-state index >= 15 is 0 Å². The van der Waals surface area contributed by atoms with Crippen LogP contribution in [0, 0.1) is 0 Å². The largest absolute Gasteiger partial charge is 0.0899 e. The molecule has 0 amide bonds. The van der Waals surface area contributed by atoms with Gasteiger partial charge in [0.1, 0.15) is 0 Å². The molecule has 0 bridgehead atoms. The molecule has 0 N–H and O–H groups in total. The van der Waals surface area contributed by atoms with E-state index in [0.717, 1.165) is 12.8 Å². The summed E-state index contributed by atoms with van der Waals surface area (Å²) in [4.78, 5) is 2.66. The van der Waals surface area contributed by atoms with Crippen LogP contribution in [0.1, 0.15) is 12.0 Å². The zero-order chi connectivity index (χ0) is 11.5. The summed E-state index contributed by atoms with van der Waals surface area (Å²) in [6.07, 6.45) is 9.91. The van der Waals surface area contributed by atoms with Crippen LogP contribution in [0.4, 0.5) is 0 Å². The Labute approximate surface area is 95.7 Å². The first-order valence-corrected chi connectivity index (χ1v) is 5.30. The average molecular weight is 213 g/mol. The number of nitrogens with zero attached hydrogens (tertiary/aromatic N) is 3. The van der Waals surface area contributed by atoms with Gasteiger partial charge in [0, 0.05) is 11.5 Å². The molecule has 0 aliphatic heterocycles. The van der Waals surface area contributed by atoms with Crippen molar-refractivity contribution in [3.8, 4) is 0 Å². The smallest absolute Gasteiger partial charge is 0.0443 e. The second kappa shape index (κ2) is 8.33. The van der Waals surface area contributed by atoms with Crippen molar-refractivity contribution < 1.29 is 0 Å². The molecule has 0 aromatic heterocycles. The highest BCUT2D eigenvalue weighted by molar-refractivity contribution is 5.15. The van der Waals surface area contributed by atoms with Gasteiger partial charge < -0.3 is 0 Å². The maximum absolute atomic E-state index is 8.04. The quantitative estimate of drug-likeness (QED) is 0.296. The molecule has 0 fully saturated rings. The Morgan fingerprint density at radius 2 is 1.88 bits per heavy atom. The van der Waals surface area contributed by atoms with Crippen LogP contribution in [0.3, 0.4) is 0 Å². The lowest BCUT2D eigenvalue weighted by molar-refractivity contribution is 1.00. The van der Waals surface area contributed by atoms with E-state index in [1.807, 2.05) is 24.3 Å². The van der Waals surface area contributed by atoms with Gasteiger partial charge in [-0.3, -0.25) is 0 Å². The van der Waals surface area contributed by atoms with E-state index < -0.39 is 0 Å². The molecule has 0 aliphatic rings. The molecule has 0 aliphatic carbocycles. The summed E-state index contributed by atoms with van der Waals surface area (Å²) in [5.41, 5.74) is 9.39. The van der Waals surface area contributed by atoms with E-state index in [1.54, 1.807) is 0 Å². The first-order chi connectivity index (χ1) is 7.93. The summed E-state index contributed by atoms with van der Waals surface area (Å²) >= 11 is 0. The Kier molecular flexibility index (Phi) is 6.29. The minimum absolute atomic E-state index is 0.416. The van der Waals surface area contributed by atoms with Crippen molar-refractivity contribution in [3.05, 3.63) is 70.6 Å². The molecule has 3 nitrogen and oxygen atoms in total. The topological polar surface area (TPSA) is 48.8 Å². The lowest BCUT2D eigenvalue weighted by atomic mass is 10.1. The summed E-state index contributed by atoms with van der Waals surface area (Å²) in [6.45, 7) is 0.416. The van der Waals surface area contributed by atoms with Crippen molar-refractivity contribution in [2.75, 3.05) is 6.54 Å². The van der Waals surface area contributed by atoms with Crippen molar-refractivity contribution in [2.24, 2.45) is 5.11 Å². The number of rotatable bonds is 6. The lowest BCUT2D eigenvalue weighted by Gasteiger charge is -1.95. The summed E-state index contributed by atoms with van der Waals surface area (Å²) in [6, 6.07) is 10.4. The van der Waals surface area contributed by atoms with Crippen LogP contribution < -0.4 is 0 Å². The molecule has 3 heteroatoms. The fourth-order valence-corrected chi connectivity index (χ4v) is 1.29. The molecule has 0 saturated heterocycles. The zero-order valence-electron chi connectivity index (χ0n) is 9.16. The third-order valence-electron chi connectivity index (χ3n) is 2.08. The molecular formula is C13H15N3. The van der Waals surface area contributed by atoms with Crippen molar-refractivity contribution in [1.29, 1.82) is 0 Å². The lowest BCUT2D eigenvalue weighted by Crippen LogP contribution is -1.80. The van der Waals surface area contributed by atoms with Gasteiger partial charge in [-0.05, 0) is 23.9 Å². The molecule has 16 heavy (non-hydrogen) atoms. The van der Waals surface area contributed by atoms with E-state index in [-0.39, 0.29) is 0 Å². The Morgan fingerprint density at radius 3 is 2.62 bits per heavy atom.